The summed E-state index contributed by atoms with van der Waals surface area (Å²) in [7, 11) is -2.27. The fourth-order valence-electron chi connectivity index (χ4n) is 3.00. The number of hydrogen-bond donors (Lipinski definition) is 2. The number of nitrogens with one attached hydrogen (secondary N) is 1. The van der Waals surface area contributed by atoms with Gasteiger partial charge in [0.15, 0.2) is 5.82 Å². The molecule has 3 N–H and O–H groups in total. The minimum atomic E-state index is -3.83. The van der Waals surface area contributed by atoms with Crippen molar-refractivity contribution in [3.05, 3.63) is 84.7 Å². The molecule has 0 saturated heterocycles. The van der Waals surface area contributed by atoms with Crippen LogP contribution in [0.3, 0.4) is 0 Å². The van der Waals surface area contributed by atoms with Gasteiger partial charge in [-0.3, -0.25) is 4.79 Å². The van der Waals surface area contributed by atoms with E-state index in [0.29, 0.717) is 22.9 Å². The second kappa shape index (κ2) is 8.61. The molecule has 3 aromatic carbocycles. The Labute approximate surface area is 184 Å². The summed E-state index contributed by atoms with van der Waals surface area (Å²) < 4.78 is 29.7. The smallest absolute Gasteiger partial charge is 0.295 e. The lowest BCUT2D eigenvalue weighted by Gasteiger charge is -2.06. The monoisotopic (exact) mass is 449 g/mol. The summed E-state index contributed by atoms with van der Waals surface area (Å²) in [5, 5.41) is 12.3. The number of methoxy groups -OCH3 is 1. The molecule has 0 fully saturated rings. The normalized spacial score (nSPS) is 11.2. The highest BCUT2D eigenvalue weighted by atomic mass is 32.2. The van der Waals surface area contributed by atoms with Crippen LogP contribution < -0.4 is 15.2 Å². The number of carbonyl (C=O) groups excluding carboxylic acids is 1. The lowest BCUT2D eigenvalue weighted by molar-refractivity contribution is 0.101. The molecule has 0 radical (unpaired) electrons. The number of hydrogen-bond acceptors (Lipinski definition) is 6. The minimum absolute atomic E-state index is 0.0277. The third-order valence-electron chi connectivity index (χ3n) is 4.60. The van der Waals surface area contributed by atoms with Gasteiger partial charge in [0.1, 0.15) is 5.75 Å². The van der Waals surface area contributed by atoms with Crippen LogP contribution in [-0.2, 0) is 10.0 Å². The summed E-state index contributed by atoms with van der Waals surface area (Å²) in [5.41, 5.74) is 1.82. The summed E-state index contributed by atoms with van der Waals surface area (Å²) in [6.07, 6.45) is 0. The highest BCUT2D eigenvalue weighted by Crippen LogP contribution is 2.23. The van der Waals surface area contributed by atoms with Gasteiger partial charge in [-0.15, -0.1) is 5.10 Å². The Morgan fingerprint density at radius 2 is 1.62 bits per heavy atom. The molecule has 10 heteroatoms. The van der Waals surface area contributed by atoms with Crippen LogP contribution in [0.1, 0.15) is 10.6 Å². The third kappa shape index (κ3) is 4.51. The maximum atomic E-state index is 12.8. The van der Waals surface area contributed by atoms with Gasteiger partial charge >= 0.3 is 0 Å². The second-order valence-corrected chi connectivity index (χ2v) is 8.32. The Balaban J connectivity index is 1.71. The van der Waals surface area contributed by atoms with E-state index in [1.54, 1.807) is 43.5 Å². The summed E-state index contributed by atoms with van der Waals surface area (Å²) in [6, 6.07) is 21.9. The Morgan fingerprint density at radius 1 is 0.969 bits per heavy atom. The van der Waals surface area contributed by atoms with E-state index in [1.165, 1.54) is 16.8 Å². The Hall–Kier alpha value is -4.02. The molecular formula is C22H19N5O4S. The van der Waals surface area contributed by atoms with Crippen molar-refractivity contribution in [3.63, 3.8) is 0 Å². The first-order valence-electron chi connectivity index (χ1n) is 9.46. The molecule has 0 unspecified atom stereocenters. The molecule has 32 heavy (non-hydrogen) atoms. The number of carbonyl (C=O) groups is 1. The Bertz CT molecular complexity index is 1350. The number of anilines is 1. The molecule has 0 aliphatic heterocycles. The number of ether oxygens (including phenoxy) is 1. The molecule has 4 rings (SSSR count). The van der Waals surface area contributed by atoms with Crippen LogP contribution in [0.25, 0.3) is 17.1 Å². The van der Waals surface area contributed by atoms with E-state index in [-0.39, 0.29) is 10.7 Å². The molecule has 0 aliphatic rings. The number of aromatic nitrogens is 3. The van der Waals surface area contributed by atoms with Crippen LogP contribution in [0.2, 0.25) is 0 Å². The molecular weight excluding hydrogens is 430 g/mol. The van der Waals surface area contributed by atoms with Crippen molar-refractivity contribution in [1.82, 2.24) is 14.8 Å². The molecule has 1 amide bonds. The number of sulfonamides is 1. The lowest BCUT2D eigenvalue weighted by atomic mass is 10.2. The quantitative estimate of drug-likeness (QED) is 0.466. The Morgan fingerprint density at radius 3 is 2.22 bits per heavy atom. The van der Waals surface area contributed by atoms with Crippen LogP contribution in [0.4, 0.5) is 5.69 Å². The van der Waals surface area contributed by atoms with Crippen LogP contribution in [0.5, 0.6) is 5.75 Å². The van der Waals surface area contributed by atoms with Gasteiger partial charge < -0.3 is 10.1 Å². The van der Waals surface area contributed by atoms with Crippen molar-refractivity contribution in [3.8, 4) is 22.8 Å². The van der Waals surface area contributed by atoms with Gasteiger partial charge in [-0.25, -0.2) is 23.2 Å². The maximum Gasteiger partial charge on any atom is 0.295 e. The average Bonchev–Trinajstić information content (AvgIpc) is 3.25. The van der Waals surface area contributed by atoms with E-state index >= 15 is 0 Å². The van der Waals surface area contributed by atoms with Crippen molar-refractivity contribution >= 4 is 21.6 Å². The van der Waals surface area contributed by atoms with Crippen molar-refractivity contribution in [2.24, 2.45) is 5.14 Å². The molecule has 0 atom stereocenters. The highest BCUT2D eigenvalue weighted by molar-refractivity contribution is 7.89. The summed E-state index contributed by atoms with van der Waals surface area (Å²) in [5.74, 6) is 0.552. The molecule has 1 aromatic heterocycles. The third-order valence-corrected chi connectivity index (χ3v) is 5.53. The first-order valence-corrected chi connectivity index (χ1v) is 11.0. The molecule has 1 heterocycles. The summed E-state index contributed by atoms with van der Waals surface area (Å²) in [4.78, 5) is 17.2. The van der Waals surface area contributed by atoms with Gasteiger partial charge in [0.25, 0.3) is 5.91 Å². The second-order valence-electron chi connectivity index (χ2n) is 6.76. The average molecular weight is 449 g/mol. The van der Waals surface area contributed by atoms with Gasteiger partial charge in [0, 0.05) is 11.3 Å². The van der Waals surface area contributed by atoms with Crippen LogP contribution in [0.15, 0.2) is 83.8 Å². The van der Waals surface area contributed by atoms with Crippen molar-refractivity contribution < 1.29 is 17.9 Å². The largest absolute Gasteiger partial charge is 0.497 e. The predicted octanol–water partition coefficient (Wildman–Crippen LogP) is 2.84. The van der Waals surface area contributed by atoms with E-state index in [2.05, 4.69) is 15.4 Å². The number of nitrogens with two attached hydrogens (primary N) is 1. The molecule has 162 valence electrons. The van der Waals surface area contributed by atoms with Gasteiger partial charge in [0.05, 0.1) is 17.7 Å². The molecule has 0 spiro atoms. The Kier molecular flexibility index (Phi) is 5.71. The zero-order chi connectivity index (χ0) is 22.7. The van der Waals surface area contributed by atoms with Gasteiger partial charge in [0.2, 0.25) is 15.8 Å². The molecule has 0 aliphatic carbocycles. The van der Waals surface area contributed by atoms with Crippen LogP contribution in [-0.4, -0.2) is 36.2 Å². The number of benzene rings is 3. The zero-order valence-corrected chi connectivity index (χ0v) is 17.8. The predicted molar refractivity (Wildman–Crippen MR) is 119 cm³/mol. The SMILES string of the molecule is COc1ccc(NC(=O)c2nc(-c3ccccc3)n(-c3ccc(S(N)(=O)=O)cc3)n2)cc1. The van der Waals surface area contributed by atoms with Crippen molar-refractivity contribution in [1.29, 1.82) is 0 Å². The standard InChI is InChI=1S/C22H19N5O4S/c1-31-18-11-7-16(8-12-18)24-22(28)20-25-21(15-5-3-2-4-6-15)27(26-20)17-9-13-19(14-10-17)32(23,29)30/h2-14H,1H3,(H,24,28)(H2,23,29,30). The maximum absolute atomic E-state index is 12.8. The minimum Gasteiger partial charge on any atom is -0.497 e. The fraction of sp³-hybridized carbons (Fsp3) is 0.0455. The van der Waals surface area contributed by atoms with Gasteiger partial charge in [-0.1, -0.05) is 30.3 Å². The number of rotatable bonds is 6. The summed E-state index contributed by atoms with van der Waals surface area (Å²) >= 11 is 0. The number of nitrogens with zero attached hydrogens (tertiary/aromatic N) is 3. The highest BCUT2D eigenvalue weighted by Gasteiger charge is 2.19. The first kappa shape index (κ1) is 21.2. The van der Waals surface area contributed by atoms with E-state index in [9.17, 15) is 13.2 Å². The van der Waals surface area contributed by atoms with Crippen molar-refractivity contribution in [2.45, 2.75) is 4.90 Å². The van der Waals surface area contributed by atoms with E-state index in [1.807, 2.05) is 30.3 Å². The molecule has 0 bridgehead atoms. The molecule has 0 saturated carbocycles. The first-order chi connectivity index (χ1) is 15.3. The topological polar surface area (TPSA) is 129 Å². The van der Waals surface area contributed by atoms with E-state index in [0.717, 1.165) is 5.56 Å². The van der Waals surface area contributed by atoms with E-state index < -0.39 is 15.9 Å². The van der Waals surface area contributed by atoms with Gasteiger partial charge in [-0.2, -0.15) is 0 Å². The van der Waals surface area contributed by atoms with Crippen LogP contribution >= 0.6 is 0 Å². The number of amides is 1. The molecule has 4 aromatic rings. The lowest BCUT2D eigenvalue weighted by Crippen LogP contribution is -2.14. The fourth-order valence-corrected chi connectivity index (χ4v) is 3.52. The van der Waals surface area contributed by atoms with E-state index in [4.69, 9.17) is 9.88 Å². The zero-order valence-electron chi connectivity index (χ0n) is 17.0. The summed E-state index contributed by atoms with van der Waals surface area (Å²) in [6.45, 7) is 0. The number of primary sulfonamides is 1. The molecule has 9 nitrogen and oxygen atoms in total. The van der Waals surface area contributed by atoms with Crippen LogP contribution in [0, 0.1) is 0 Å². The van der Waals surface area contributed by atoms with Gasteiger partial charge in [-0.05, 0) is 48.5 Å². The van der Waals surface area contributed by atoms with Crippen molar-refractivity contribution in [2.75, 3.05) is 12.4 Å².